The molecule has 48 heavy (non-hydrogen) atoms. The fourth-order valence-electron chi connectivity index (χ4n) is 5.36. The van der Waals surface area contributed by atoms with E-state index in [2.05, 4.69) is 30.7 Å². The van der Waals surface area contributed by atoms with E-state index in [1.807, 2.05) is 26.1 Å². The molecule has 4 aromatic rings. The summed E-state index contributed by atoms with van der Waals surface area (Å²) in [6, 6.07) is 12.1. The van der Waals surface area contributed by atoms with Crippen LogP contribution in [0, 0.1) is 23.0 Å². The molecule has 5 rings (SSSR count). The zero-order valence-electron chi connectivity index (χ0n) is 27.9. The normalized spacial score (nSPS) is 14.2. The van der Waals surface area contributed by atoms with E-state index in [-0.39, 0.29) is 62.4 Å². The maximum Gasteiger partial charge on any atom is 0.198 e. The lowest BCUT2D eigenvalue weighted by molar-refractivity contribution is -0.182. The summed E-state index contributed by atoms with van der Waals surface area (Å²) < 4.78 is 55.5. The Bertz CT molecular complexity index is 1820. The highest BCUT2D eigenvalue weighted by molar-refractivity contribution is 6.76. The van der Waals surface area contributed by atoms with Crippen LogP contribution in [-0.2, 0) is 27.4 Å². The van der Waals surface area contributed by atoms with Crippen molar-refractivity contribution in [3.05, 3.63) is 71.6 Å². The second kappa shape index (κ2) is 14.5. The molecule has 254 valence electrons. The maximum atomic E-state index is 15.4. The first-order valence-corrected chi connectivity index (χ1v) is 19.7. The molecule has 0 amide bonds. The van der Waals surface area contributed by atoms with Gasteiger partial charge in [0.25, 0.3) is 0 Å². The molecule has 12 heteroatoms. The van der Waals surface area contributed by atoms with Crippen LogP contribution in [0.3, 0.4) is 0 Å². The standard InChI is InChI=1S/C36H41F2N3O6Si/c1-23(2)46-31-7-6-25(17-26(31)18-39)28-19-41(22-44-12-13-48(3,4)5)35-33(28)32(9-11-40-35)47-34-29(37)15-24(16-30(34)38)14-27(42)8-10-36(43)20-45-21-36/h6-7,9,11,15-17,19,23,43H,8,10,12-14,20-22H2,1-5H3. The smallest absolute Gasteiger partial charge is 0.198 e. The second-order valence-corrected chi connectivity index (χ2v) is 19.4. The van der Waals surface area contributed by atoms with E-state index in [9.17, 15) is 15.2 Å². The Morgan fingerprint density at radius 3 is 2.50 bits per heavy atom. The van der Waals surface area contributed by atoms with Crippen LogP contribution >= 0.6 is 0 Å². The van der Waals surface area contributed by atoms with Crippen molar-refractivity contribution in [1.82, 2.24) is 9.55 Å². The van der Waals surface area contributed by atoms with Crippen LogP contribution in [0.5, 0.6) is 17.2 Å². The van der Waals surface area contributed by atoms with Crippen LogP contribution in [0.4, 0.5) is 8.78 Å². The molecule has 1 saturated heterocycles. The van der Waals surface area contributed by atoms with Crippen LogP contribution in [0.25, 0.3) is 22.2 Å². The average molecular weight is 678 g/mol. The Balaban J connectivity index is 1.47. The molecule has 0 spiro atoms. The number of nitriles is 1. The molecule has 0 unspecified atom stereocenters. The van der Waals surface area contributed by atoms with Gasteiger partial charge in [-0.05, 0) is 67.8 Å². The third-order valence-electron chi connectivity index (χ3n) is 8.00. The second-order valence-electron chi connectivity index (χ2n) is 13.8. The van der Waals surface area contributed by atoms with E-state index in [4.69, 9.17) is 18.9 Å². The molecule has 1 aliphatic rings. The summed E-state index contributed by atoms with van der Waals surface area (Å²) in [5.74, 6) is -2.21. The number of Topliss-reactive ketones (excluding diaryl/α,β-unsaturated/α-hetero) is 1. The number of carbonyl (C=O) groups excluding carboxylic acids is 1. The molecule has 0 bridgehead atoms. The minimum Gasteiger partial charge on any atom is -0.490 e. The topological polar surface area (TPSA) is 116 Å². The van der Waals surface area contributed by atoms with Gasteiger partial charge in [-0.1, -0.05) is 25.7 Å². The fraction of sp³-hybridized carbons (Fsp3) is 0.417. The number of benzene rings is 2. The molecule has 2 aromatic heterocycles. The number of fused-ring (bicyclic) bond motifs is 1. The molecule has 1 N–H and O–H groups in total. The van der Waals surface area contributed by atoms with Crippen LogP contribution in [0.15, 0.2) is 48.8 Å². The van der Waals surface area contributed by atoms with E-state index in [1.165, 1.54) is 12.3 Å². The molecule has 9 nitrogen and oxygen atoms in total. The fourth-order valence-corrected chi connectivity index (χ4v) is 6.12. The van der Waals surface area contributed by atoms with Gasteiger partial charge in [0, 0.05) is 45.5 Å². The highest BCUT2D eigenvalue weighted by Gasteiger charge is 2.36. The predicted octanol–water partition coefficient (Wildman–Crippen LogP) is 7.40. The van der Waals surface area contributed by atoms with Crippen molar-refractivity contribution in [3.63, 3.8) is 0 Å². The summed E-state index contributed by atoms with van der Waals surface area (Å²) in [7, 11) is -1.33. The van der Waals surface area contributed by atoms with Crippen molar-refractivity contribution < 1.29 is 37.6 Å². The van der Waals surface area contributed by atoms with Crippen LogP contribution < -0.4 is 9.47 Å². The number of pyridine rings is 1. The molecule has 0 saturated carbocycles. The van der Waals surface area contributed by atoms with Gasteiger partial charge >= 0.3 is 0 Å². The highest BCUT2D eigenvalue weighted by atomic mass is 28.3. The first kappa shape index (κ1) is 35.2. The number of ketones is 1. The first-order chi connectivity index (χ1) is 22.7. The third kappa shape index (κ3) is 8.46. The van der Waals surface area contributed by atoms with Gasteiger partial charge in [0.15, 0.2) is 17.4 Å². The van der Waals surface area contributed by atoms with Gasteiger partial charge in [-0.25, -0.2) is 13.8 Å². The minimum absolute atomic E-state index is 0.0655. The largest absolute Gasteiger partial charge is 0.490 e. The van der Waals surface area contributed by atoms with Crippen molar-refractivity contribution in [1.29, 1.82) is 5.26 Å². The van der Waals surface area contributed by atoms with E-state index in [0.29, 0.717) is 40.1 Å². The third-order valence-corrected chi connectivity index (χ3v) is 9.71. The highest BCUT2D eigenvalue weighted by Crippen LogP contribution is 2.40. The zero-order chi connectivity index (χ0) is 34.6. The summed E-state index contributed by atoms with van der Waals surface area (Å²) in [4.78, 5) is 17.1. The lowest BCUT2D eigenvalue weighted by Gasteiger charge is -2.36. The Kier molecular flexibility index (Phi) is 10.6. The first-order valence-electron chi connectivity index (χ1n) is 16.0. The van der Waals surface area contributed by atoms with Crippen LogP contribution in [0.2, 0.25) is 25.7 Å². The van der Waals surface area contributed by atoms with Gasteiger partial charge in [-0.2, -0.15) is 5.26 Å². The number of carbonyl (C=O) groups is 1. The predicted molar refractivity (Wildman–Crippen MR) is 180 cm³/mol. The molecule has 1 fully saturated rings. The average Bonchev–Trinajstić information content (AvgIpc) is 3.38. The Labute approximate surface area is 280 Å². The SMILES string of the molecule is CC(C)Oc1ccc(-c2cn(COCC[Si](C)(C)C)c3nccc(Oc4c(F)cc(CC(=O)CCC5(O)COC5)cc4F)c23)cc1C#N. The summed E-state index contributed by atoms with van der Waals surface area (Å²) in [6.07, 6.45) is 3.29. The van der Waals surface area contributed by atoms with Crippen molar-refractivity contribution in [3.8, 4) is 34.4 Å². The zero-order valence-corrected chi connectivity index (χ0v) is 28.9. The maximum absolute atomic E-state index is 15.4. The Morgan fingerprint density at radius 1 is 1.15 bits per heavy atom. The van der Waals surface area contributed by atoms with E-state index >= 15 is 8.78 Å². The molecule has 0 atom stereocenters. The molecule has 1 aliphatic heterocycles. The van der Waals surface area contributed by atoms with Gasteiger partial charge in [0.1, 0.15) is 41.3 Å². The molecule has 0 radical (unpaired) electrons. The van der Waals surface area contributed by atoms with Gasteiger partial charge in [-0.3, -0.25) is 4.79 Å². The van der Waals surface area contributed by atoms with Gasteiger partial charge in [0.2, 0.25) is 0 Å². The van der Waals surface area contributed by atoms with E-state index in [0.717, 1.165) is 18.2 Å². The number of hydrogen-bond donors (Lipinski definition) is 1. The van der Waals surface area contributed by atoms with Crippen molar-refractivity contribution in [2.45, 2.75) is 77.2 Å². The number of rotatable bonds is 15. The molecule has 0 aliphatic carbocycles. The lowest BCUT2D eigenvalue weighted by atomic mass is 9.93. The van der Waals surface area contributed by atoms with Crippen molar-refractivity contribution >= 4 is 24.9 Å². The van der Waals surface area contributed by atoms with Crippen molar-refractivity contribution in [2.75, 3.05) is 19.8 Å². The van der Waals surface area contributed by atoms with Crippen LogP contribution in [0.1, 0.15) is 37.8 Å². The van der Waals surface area contributed by atoms with Crippen LogP contribution in [-0.4, -0.2) is 60.0 Å². The van der Waals surface area contributed by atoms with Gasteiger partial charge in [0.05, 0.1) is 30.3 Å². The number of aromatic nitrogens is 2. The van der Waals surface area contributed by atoms with E-state index in [1.54, 1.807) is 16.7 Å². The number of halogens is 2. The van der Waals surface area contributed by atoms with Crippen molar-refractivity contribution in [2.24, 2.45) is 0 Å². The van der Waals surface area contributed by atoms with Gasteiger partial charge < -0.3 is 28.6 Å². The van der Waals surface area contributed by atoms with Gasteiger partial charge in [-0.15, -0.1) is 0 Å². The summed E-state index contributed by atoms with van der Waals surface area (Å²) in [5, 5.41) is 20.5. The number of aliphatic hydroxyl groups is 1. The molecule has 2 aromatic carbocycles. The monoisotopic (exact) mass is 677 g/mol. The summed E-state index contributed by atoms with van der Waals surface area (Å²) >= 11 is 0. The number of ether oxygens (including phenoxy) is 4. The molecular formula is C36H41F2N3O6Si. The Hall–Kier alpha value is -4.15. The lowest BCUT2D eigenvalue weighted by Crippen LogP contribution is -2.49. The minimum atomic E-state index is -1.33. The number of nitrogens with zero attached hydrogens (tertiary/aromatic N) is 3. The van der Waals surface area contributed by atoms with E-state index < -0.39 is 31.1 Å². The summed E-state index contributed by atoms with van der Waals surface area (Å²) in [5.41, 5.74) is 1.22. The number of hydrogen-bond acceptors (Lipinski definition) is 8. The molecular weight excluding hydrogens is 636 g/mol. The molecule has 3 heterocycles. The quantitative estimate of drug-likeness (QED) is 0.102. The Morgan fingerprint density at radius 2 is 1.88 bits per heavy atom. The summed E-state index contributed by atoms with van der Waals surface area (Å²) in [6.45, 7) is 11.7.